The summed E-state index contributed by atoms with van der Waals surface area (Å²) in [6.07, 6.45) is 1.16. The van der Waals surface area contributed by atoms with Crippen LogP contribution in [-0.4, -0.2) is 0 Å². The van der Waals surface area contributed by atoms with Crippen molar-refractivity contribution in [1.29, 1.82) is 0 Å². The second-order valence-electron chi connectivity index (χ2n) is 5.20. The zero-order chi connectivity index (χ0) is 13.9. The molecule has 1 aromatic carbocycles. The van der Waals surface area contributed by atoms with E-state index in [-0.39, 0.29) is 0 Å². The molecule has 98 valence electrons. The Morgan fingerprint density at radius 3 is 2.17 bits per heavy atom. The molecule has 0 radical (unpaired) electrons. The van der Waals surface area contributed by atoms with Gasteiger partial charge in [-0.25, -0.2) is 0 Å². The van der Waals surface area contributed by atoms with Crippen molar-refractivity contribution in [3.8, 4) is 0 Å². The Balaban J connectivity index is 0.000000492. The van der Waals surface area contributed by atoms with Crippen molar-refractivity contribution in [3.63, 3.8) is 0 Å². The quantitative estimate of drug-likeness (QED) is 0.588. The van der Waals surface area contributed by atoms with Gasteiger partial charge in [-0.15, -0.1) is 0 Å². The summed E-state index contributed by atoms with van der Waals surface area (Å²) in [5.74, 6) is 0.625. The molecule has 0 saturated carbocycles. The van der Waals surface area contributed by atoms with Gasteiger partial charge in [0.15, 0.2) is 0 Å². The monoisotopic (exact) mass is 360 g/mol. The normalized spacial score (nSPS) is 13.3. The molecule has 0 bridgehead atoms. The molecular weight excluding hydrogens is 342 g/mol. The first kappa shape index (κ1) is 16.5. The summed E-state index contributed by atoms with van der Waals surface area (Å²) in [5, 5.41) is 0. The second kappa shape index (κ2) is 7.27. The van der Waals surface area contributed by atoms with Gasteiger partial charge >= 0.3 is 37.9 Å². The fourth-order valence-electron chi connectivity index (χ4n) is 2.58. The molecule has 0 N–H and O–H groups in total. The standard InChI is InChI=1S/C15H20.2ClH.Zr/c1-9(2)14-7-10(3)6-13-8-11(4)12(5)15(13)14;;;/h6-7,9H,8H2,1-5H3;2*1H;/q;;;+2/p-2. The van der Waals surface area contributed by atoms with Gasteiger partial charge in [0.05, 0.1) is 0 Å². The summed E-state index contributed by atoms with van der Waals surface area (Å²) in [7, 11) is 9.87. The first-order valence-electron chi connectivity index (χ1n) is 6.18. The average molecular weight is 362 g/mol. The third kappa shape index (κ3) is 3.72. The molecular formula is C15H20Cl2Zr. The Kier molecular flexibility index (Phi) is 6.66. The van der Waals surface area contributed by atoms with E-state index in [1.807, 2.05) is 0 Å². The summed E-state index contributed by atoms with van der Waals surface area (Å²) in [6, 6.07) is 4.70. The molecule has 0 nitrogen and oxygen atoms in total. The SMILES string of the molecule is CC1=C(C)c2c(cc(C)cc2C(C)C)C1.[Cl][Zr][Cl]. The van der Waals surface area contributed by atoms with E-state index in [0.717, 1.165) is 6.42 Å². The zero-order valence-electron chi connectivity index (χ0n) is 11.7. The summed E-state index contributed by atoms with van der Waals surface area (Å²) in [5.41, 5.74) is 9.05. The van der Waals surface area contributed by atoms with E-state index in [1.165, 1.54) is 33.4 Å². The van der Waals surface area contributed by atoms with Crippen molar-refractivity contribution in [2.75, 3.05) is 0 Å². The number of hydrogen-bond acceptors (Lipinski definition) is 0. The van der Waals surface area contributed by atoms with Crippen LogP contribution in [0.15, 0.2) is 17.7 Å². The second-order valence-corrected chi connectivity index (χ2v) is 8.93. The minimum absolute atomic E-state index is 0.625. The van der Waals surface area contributed by atoms with Crippen LogP contribution in [-0.2, 0) is 27.3 Å². The van der Waals surface area contributed by atoms with Crippen LogP contribution < -0.4 is 0 Å². The predicted octanol–water partition coefficient (Wildman–Crippen LogP) is 5.84. The molecule has 0 aromatic heterocycles. The third-order valence-corrected chi connectivity index (χ3v) is 3.49. The molecule has 0 amide bonds. The van der Waals surface area contributed by atoms with Crippen LogP contribution in [0.25, 0.3) is 5.57 Å². The van der Waals surface area contributed by atoms with E-state index in [4.69, 9.17) is 17.0 Å². The molecule has 0 unspecified atom stereocenters. The number of aryl methyl sites for hydroxylation is 1. The molecule has 18 heavy (non-hydrogen) atoms. The van der Waals surface area contributed by atoms with E-state index in [1.54, 1.807) is 0 Å². The van der Waals surface area contributed by atoms with Crippen LogP contribution in [0.2, 0.25) is 0 Å². The fourth-order valence-corrected chi connectivity index (χ4v) is 2.58. The van der Waals surface area contributed by atoms with Crippen molar-refractivity contribution in [2.45, 2.75) is 47.0 Å². The first-order chi connectivity index (χ1) is 8.42. The van der Waals surface area contributed by atoms with Crippen molar-refractivity contribution >= 4 is 22.6 Å². The Morgan fingerprint density at radius 1 is 1.11 bits per heavy atom. The van der Waals surface area contributed by atoms with Gasteiger partial charge in [0, 0.05) is 0 Å². The molecule has 0 fully saturated rings. The van der Waals surface area contributed by atoms with Crippen LogP contribution >= 0.6 is 17.0 Å². The van der Waals surface area contributed by atoms with E-state index in [2.05, 4.69) is 46.8 Å². The van der Waals surface area contributed by atoms with Gasteiger partial charge in [-0.2, -0.15) is 0 Å². The molecule has 3 heteroatoms. The van der Waals surface area contributed by atoms with Crippen molar-refractivity contribution in [2.24, 2.45) is 0 Å². The fraction of sp³-hybridized carbons (Fsp3) is 0.467. The first-order valence-corrected chi connectivity index (χ1v) is 12.5. The molecule has 0 atom stereocenters. The number of benzene rings is 1. The Bertz CT molecular complexity index is 462. The molecule has 1 aliphatic rings. The van der Waals surface area contributed by atoms with Crippen molar-refractivity contribution in [3.05, 3.63) is 40.0 Å². The van der Waals surface area contributed by atoms with Crippen LogP contribution in [0.5, 0.6) is 0 Å². The third-order valence-electron chi connectivity index (χ3n) is 3.49. The molecule has 1 aromatic rings. The molecule has 0 heterocycles. The van der Waals surface area contributed by atoms with Crippen LogP contribution in [0.4, 0.5) is 0 Å². The van der Waals surface area contributed by atoms with E-state index < -0.39 is 20.8 Å². The Hall–Kier alpha value is 0.423. The number of rotatable bonds is 1. The number of fused-ring (bicyclic) bond motifs is 1. The maximum absolute atomic E-state index is 4.93. The van der Waals surface area contributed by atoms with Gasteiger partial charge in [0.1, 0.15) is 0 Å². The zero-order valence-corrected chi connectivity index (χ0v) is 15.7. The number of halogens is 2. The Morgan fingerprint density at radius 2 is 1.67 bits per heavy atom. The maximum atomic E-state index is 4.93. The van der Waals surface area contributed by atoms with E-state index >= 15 is 0 Å². The molecule has 0 spiro atoms. The van der Waals surface area contributed by atoms with Gasteiger partial charge in [-0.1, -0.05) is 37.1 Å². The van der Waals surface area contributed by atoms with Gasteiger partial charge < -0.3 is 0 Å². The van der Waals surface area contributed by atoms with Gasteiger partial charge in [0.2, 0.25) is 0 Å². The summed E-state index contributed by atoms with van der Waals surface area (Å²) in [6.45, 7) is 11.3. The summed E-state index contributed by atoms with van der Waals surface area (Å²) in [4.78, 5) is 0. The molecule has 2 rings (SSSR count). The molecule has 0 aliphatic heterocycles. The average Bonchev–Trinajstić information content (AvgIpc) is 2.54. The summed E-state index contributed by atoms with van der Waals surface area (Å²) >= 11 is -0.826. The topological polar surface area (TPSA) is 0 Å². The van der Waals surface area contributed by atoms with Crippen LogP contribution in [0.3, 0.4) is 0 Å². The van der Waals surface area contributed by atoms with E-state index in [0.29, 0.717) is 5.92 Å². The van der Waals surface area contributed by atoms with E-state index in [9.17, 15) is 0 Å². The number of allylic oxidation sites excluding steroid dienone is 2. The van der Waals surface area contributed by atoms with Crippen molar-refractivity contribution < 1.29 is 20.8 Å². The van der Waals surface area contributed by atoms with Gasteiger partial charge in [0.25, 0.3) is 0 Å². The Labute approximate surface area is 129 Å². The number of hydrogen-bond donors (Lipinski definition) is 0. The summed E-state index contributed by atoms with van der Waals surface area (Å²) < 4.78 is 0. The predicted molar refractivity (Wildman–Crippen MR) is 78.9 cm³/mol. The molecule has 0 saturated heterocycles. The van der Waals surface area contributed by atoms with Crippen molar-refractivity contribution in [1.82, 2.24) is 0 Å². The molecule has 1 aliphatic carbocycles. The van der Waals surface area contributed by atoms with Gasteiger partial charge in [-0.3, -0.25) is 0 Å². The van der Waals surface area contributed by atoms with Crippen LogP contribution in [0.1, 0.15) is 55.9 Å². The van der Waals surface area contributed by atoms with Gasteiger partial charge in [-0.05, 0) is 55.4 Å². The minimum atomic E-state index is -0.826. The van der Waals surface area contributed by atoms with Crippen LogP contribution in [0, 0.1) is 6.92 Å².